The highest BCUT2D eigenvalue weighted by atomic mass is 35.5. The van der Waals surface area contributed by atoms with Crippen molar-refractivity contribution in [2.45, 2.75) is 4.90 Å². The number of carbonyl (C=O) groups is 3. The third-order valence-electron chi connectivity index (χ3n) is 3.53. The summed E-state index contributed by atoms with van der Waals surface area (Å²) in [6.45, 7) is -0.373. The molecule has 0 aliphatic rings. The topological polar surface area (TPSA) is 111 Å². The Balaban J connectivity index is 2.13. The van der Waals surface area contributed by atoms with Gasteiger partial charge < -0.3 is 25.4 Å². The zero-order chi connectivity index (χ0) is 21.6. The molecule has 10 heteroatoms. The van der Waals surface area contributed by atoms with Crippen molar-refractivity contribution in [2.24, 2.45) is 5.73 Å². The maximum atomic E-state index is 12.6. The van der Waals surface area contributed by atoms with Gasteiger partial charge in [-0.15, -0.1) is 0 Å². The number of nitrogens with two attached hydrogens (primary N) is 1. The highest BCUT2D eigenvalue weighted by molar-refractivity contribution is 8.13. The molecule has 0 saturated heterocycles. The average Bonchev–Trinajstić information content (AvgIpc) is 2.67. The molecule has 0 radical (unpaired) electrons. The summed E-state index contributed by atoms with van der Waals surface area (Å²) in [5.74, 6) is -0.774. The van der Waals surface area contributed by atoms with Gasteiger partial charge in [0.2, 0.25) is 0 Å². The van der Waals surface area contributed by atoms with Crippen molar-refractivity contribution in [3.05, 3.63) is 47.0 Å². The zero-order valence-electron chi connectivity index (χ0n) is 16.0. The van der Waals surface area contributed by atoms with Crippen molar-refractivity contribution < 1.29 is 23.9 Å². The molecule has 29 heavy (non-hydrogen) atoms. The molecule has 0 aliphatic heterocycles. The van der Waals surface area contributed by atoms with Gasteiger partial charge in [-0.2, -0.15) is 0 Å². The number of nitrogens with one attached hydrogen (secondary N) is 1. The minimum atomic E-state index is -0.668. The SMILES string of the molecule is COc1cc(C(=O)Nc2ccc(SC(=O)N(C)C)cc2)cc(Cl)c1OCC(N)=O. The van der Waals surface area contributed by atoms with E-state index in [1.807, 2.05) is 0 Å². The number of thioether (sulfide) groups is 1. The maximum Gasteiger partial charge on any atom is 0.285 e. The second kappa shape index (κ2) is 10.0. The molecular weight excluding hydrogens is 418 g/mol. The molecule has 2 rings (SSSR count). The monoisotopic (exact) mass is 437 g/mol. The number of halogens is 1. The minimum absolute atomic E-state index is 0.0952. The molecule has 2 aromatic carbocycles. The van der Waals surface area contributed by atoms with Gasteiger partial charge in [-0.3, -0.25) is 14.4 Å². The first-order chi connectivity index (χ1) is 13.7. The van der Waals surface area contributed by atoms with E-state index < -0.39 is 11.8 Å². The number of hydrogen-bond acceptors (Lipinski definition) is 6. The lowest BCUT2D eigenvalue weighted by molar-refractivity contribution is -0.119. The Morgan fingerprint density at radius 2 is 1.83 bits per heavy atom. The lowest BCUT2D eigenvalue weighted by Gasteiger charge is -2.13. The van der Waals surface area contributed by atoms with E-state index in [2.05, 4.69) is 5.32 Å². The van der Waals surface area contributed by atoms with Crippen LogP contribution in [0, 0.1) is 0 Å². The van der Waals surface area contributed by atoms with Crippen LogP contribution in [0.25, 0.3) is 0 Å². The quantitative estimate of drug-likeness (QED) is 0.643. The van der Waals surface area contributed by atoms with Crippen molar-refractivity contribution in [1.29, 1.82) is 0 Å². The van der Waals surface area contributed by atoms with Crippen LogP contribution < -0.4 is 20.5 Å². The Morgan fingerprint density at radius 3 is 2.38 bits per heavy atom. The van der Waals surface area contributed by atoms with Gasteiger partial charge >= 0.3 is 0 Å². The van der Waals surface area contributed by atoms with E-state index in [1.54, 1.807) is 38.4 Å². The smallest absolute Gasteiger partial charge is 0.285 e. The molecular formula is C19H20ClN3O5S. The van der Waals surface area contributed by atoms with E-state index in [9.17, 15) is 14.4 Å². The molecule has 2 aromatic rings. The number of hydrogen-bond donors (Lipinski definition) is 2. The van der Waals surface area contributed by atoms with Crippen molar-refractivity contribution in [3.63, 3.8) is 0 Å². The van der Waals surface area contributed by atoms with Gasteiger partial charge in [0.15, 0.2) is 18.1 Å². The fourth-order valence-corrected chi connectivity index (χ4v) is 3.06. The lowest BCUT2D eigenvalue weighted by Crippen LogP contribution is -2.20. The predicted molar refractivity (Wildman–Crippen MR) is 112 cm³/mol. The van der Waals surface area contributed by atoms with E-state index in [0.717, 1.165) is 16.7 Å². The number of anilines is 1. The average molecular weight is 438 g/mol. The van der Waals surface area contributed by atoms with Gasteiger partial charge in [0.1, 0.15) is 0 Å². The van der Waals surface area contributed by atoms with Crippen molar-refractivity contribution in [3.8, 4) is 11.5 Å². The Hall–Kier alpha value is -2.91. The van der Waals surface area contributed by atoms with Crippen molar-refractivity contribution in [2.75, 3.05) is 33.1 Å². The number of methoxy groups -OCH3 is 1. The Morgan fingerprint density at radius 1 is 1.17 bits per heavy atom. The molecule has 0 heterocycles. The number of nitrogens with zero attached hydrogens (tertiary/aromatic N) is 1. The largest absolute Gasteiger partial charge is 0.493 e. The third-order valence-corrected chi connectivity index (χ3v) is 4.86. The molecule has 0 fully saturated rings. The third kappa shape index (κ3) is 6.30. The fourth-order valence-electron chi connectivity index (χ4n) is 2.14. The van der Waals surface area contributed by atoms with E-state index in [-0.39, 0.29) is 33.9 Å². The van der Waals surface area contributed by atoms with Gasteiger partial charge in [-0.25, -0.2) is 0 Å². The summed E-state index contributed by atoms with van der Waals surface area (Å²) in [5, 5.41) is 2.74. The minimum Gasteiger partial charge on any atom is -0.493 e. The summed E-state index contributed by atoms with van der Waals surface area (Å²) in [6, 6.07) is 9.68. The first-order valence-corrected chi connectivity index (χ1v) is 9.50. The Kier molecular flexibility index (Phi) is 7.74. The molecule has 0 aliphatic carbocycles. The van der Waals surface area contributed by atoms with E-state index in [4.69, 9.17) is 26.8 Å². The van der Waals surface area contributed by atoms with Crippen molar-refractivity contribution >= 4 is 46.1 Å². The summed E-state index contributed by atoms with van der Waals surface area (Å²) in [6.07, 6.45) is 0. The number of rotatable bonds is 7. The summed E-state index contributed by atoms with van der Waals surface area (Å²) >= 11 is 7.25. The van der Waals surface area contributed by atoms with Gasteiger partial charge in [0.05, 0.1) is 12.1 Å². The zero-order valence-corrected chi connectivity index (χ0v) is 17.6. The highest BCUT2D eigenvalue weighted by Crippen LogP contribution is 2.36. The molecule has 3 amide bonds. The molecule has 0 spiro atoms. The standard InChI is InChI=1S/C19H20ClN3O5S/c1-23(2)19(26)29-13-6-4-12(5-7-13)22-18(25)11-8-14(20)17(15(9-11)27-3)28-10-16(21)24/h4-9H,10H2,1-3H3,(H2,21,24)(H,22,25). The van der Waals surface area contributed by atoms with Gasteiger partial charge in [-0.1, -0.05) is 11.6 Å². The number of amides is 3. The Labute approximate surface area is 177 Å². The number of ether oxygens (including phenoxy) is 2. The van der Waals surface area contributed by atoms with Crippen LogP contribution in [0.3, 0.4) is 0 Å². The van der Waals surface area contributed by atoms with Gasteiger partial charge in [0, 0.05) is 30.2 Å². The number of carbonyl (C=O) groups excluding carboxylic acids is 3. The first kappa shape index (κ1) is 22.4. The van der Waals surface area contributed by atoms with Crippen LogP contribution in [0.2, 0.25) is 5.02 Å². The first-order valence-electron chi connectivity index (χ1n) is 8.30. The molecule has 3 N–H and O–H groups in total. The van der Waals surface area contributed by atoms with Crippen LogP contribution in [-0.2, 0) is 4.79 Å². The summed E-state index contributed by atoms with van der Waals surface area (Å²) in [4.78, 5) is 37.4. The molecule has 154 valence electrons. The van der Waals surface area contributed by atoms with E-state index in [0.29, 0.717) is 5.69 Å². The van der Waals surface area contributed by atoms with Gasteiger partial charge in [-0.05, 0) is 48.2 Å². The summed E-state index contributed by atoms with van der Waals surface area (Å²) in [5.41, 5.74) is 5.84. The van der Waals surface area contributed by atoms with Crippen LogP contribution >= 0.6 is 23.4 Å². The normalized spacial score (nSPS) is 10.2. The second-order valence-electron chi connectivity index (χ2n) is 5.99. The summed E-state index contributed by atoms with van der Waals surface area (Å²) in [7, 11) is 4.73. The van der Waals surface area contributed by atoms with Crippen LogP contribution in [0.5, 0.6) is 11.5 Å². The highest BCUT2D eigenvalue weighted by Gasteiger charge is 2.17. The van der Waals surface area contributed by atoms with E-state index in [1.165, 1.54) is 24.1 Å². The number of benzene rings is 2. The van der Waals surface area contributed by atoms with Crippen LogP contribution in [-0.4, -0.2) is 49.8 Å². The molecule has 0 saturated carbocycles. The molecule has 0 aromatic heterocycles. The molecule has 8 nitrogen and oxygen atoms in total. The van der Waals surface area contributed by atoms with Crippen LogP contribution in [0.1, 0.15) is 10.4 Å². The fraction of sp³-hybridized carbons (Fsp3) is 0.211. The molecule has 0 bridgehead atoms. The van der Waals surface area contributed by atoms with Gasteiger partial charge in [0.25, 0.3) is 17.1 Å². The van der Waals surface area contributed by atoms with Crippen LogP contribution in [0.15, 0.2) is 41.3 Å². The number of primary amides is 1. The molecule has 0 atom stereocenters. The molecule has 0 unspecified atom stereocenters. The predicted octanol–water partition coefficient (Wildman–Crippen LogP) is 3.24. The lowest BCUT2D eigenvalue weighted by atomic mass is 10.1. The van der Waals surface area contributed by atoms with Crippen LogP contribution in [0.4, 0.5) is 10.5 Å². The Bertz CT molecular complexity index is 919. The maximum absolute atomic E-state index is 12.6. The van der Waals surface area contributed by atoms with Crippen molar-refractivity contribution in [1.82, 2.24) is 4.90 Å². The second-order valence-corrected chi connectivity index (χ2v) is 7.42. The summed E-state index contributed by atoms with van der Waals surface area (Å²) < 4.78 is 10.4. The van der Waals surface area contributed by atoms with E-state index >= 15 is 0 Å².